The monoisotopic (exact) mass is 253 g/mol. The van der Waals surface area contributed by atoms with Gasteiger partial charge in [0.25, 0.3) is 0 Å². The Hall–Kier alpha value is 1.40. The summed E-state index contributed by atoms with van der Waals surface area (Å²) >= 11 is 0. The Labute approximate surface area is 73.1 Å². The fraction of sp³-hybridized carbons (Fsp3) is 0. The quantitative estimate of drug-likeness (QED) is 0.431. The minimum Gasteiger partial charge on any atom is -0.687 e. The van der Waals surface area contributed by atoms with Crippen molar-refractivity contribution in [2.24, 2.45) is 0 Å². The summed E-state index contributed by atoms with van der Waals surface area (Å²) < 4.78 is 0. The maximum absolute atomic E-state index is 5.89. The molecule has 0 saturated heterocycles. The molecule has 0 aromatic heterocycles. The topological polar surface area (TPSA) is 71.4 Å². The first-order valence-corrected chi connectivity index (χ1v) is 4.50. The van der Waals surface area contributed by atoms with Crippen LogP contribution in [0.4, 0.5) is 0 Å². The van der Waals surface area contributed by atoms with Crippen LogP contribution in [0.5, 0.6) is 0 Å². The first-order chi connectivity index (χ1) is 3.00. The molecule has 0 radical (unpaired) electrons. The van der Waals surface area contributed by atoms with Crippen LogP contribution in [0.2, 0.25) is 0 Å². The van der Waals surface area contributed by atoms with E-state index in [1.165, 1.54) is 0 Å². The van der Waals surface area contributed by atoms with Crippen LogP contribution in [-0.4, -0.2) is 57.1 Å². The zero-order valence-electron chi connectivity index (χ0n) is 5.08. The molecule has 7 heavy (non-hydrogen) atoms. The summed E-state index contributed by atoms with van der Waals surface area (Å²) in [6, 6.07) is 0. The molecule has 7 heteroatoms. The van der Waals surface area contributed by atoms with E-state index in [4.69, 9.17) is 16.2 Å². The van der Waals surface area contributed by atoms with Crippen molar-refractivity contribution in [2.45, 2.75) is 0 Å². The molecule has 0 bridgehead atoms. The van der Waals surface area contributed by atoms with Gasteiger partial charge < -0.3 is 16.2 Å². The van der Waals surface area contributed by atoms with Crippen molar-refractivity contribution >= 4 is 57.1 Å². The second kappa shape index (κ2) is 155. The third-order valence-electron chi connectivity index (χ3n) is 0. The third kappa shape index (κ3) is 110. The van der Waals surface area contributed by atoms with Gasteiger partial charge in [-0.25, -0.2) is 0 Å². The predicted octanol–water partition coefficient (Wildman–Crippen LogP) is -2.42. The van der Waals surface area contributed by atoms with Crippen LogP contribution in [0.25, 0.3) is 16.2 Å². The van der Waals surface area contributed by atoms with Crippen LogP contribution in [0.1, 0.15) is 0 Å². The van der Waals surface area contributed by atoms with Crippen molar-refractivity contribution in [1.29, 1.82) is 0 Å². The molecule has 0 aliphatic rings. The van der Waals surface area contributed by atoms with Gasteiger partial charge in [0.05, 0.1) is 0 Å². The molecular formula is H12InN3Si3. The molecule has 0 aromatic carbocycles. The number of hydrogen-bond donors (Lipinski definition) is 0. The molecule has 0 aliphatic heterocycles. The van der Waals surface area contributed by atoms with Gasteiger partial charge in [0, 0.05) is 0 Å². The summed E-state index contributed by atoms with van der Waals surface area (Å²) in [5, 5.41) is 17.7. The van der Waals surface area contributed by atoms with E-state index in [-0.39, 0.29) is 25.8 Å². The average molecular weight is 253 g/mol. The van der Waals surface area contributed by atoms with Gasteiger partial charge >= 0.3 is 25.8 Å². The fourth-order valence-corrected chi connectivity index (χ4v) is 0. The second-order valence-corrected chi connectivity index (χ2v) is 0. The largest absolute Gasteiger partial charge is 3.00 e. The normalized spacial score (nSPS) is 3.86. The van der Waals surface area contributed by atoms with Crippen LogP contribution >= 0.6 is 0 Å². The summed E-state index contributed by atoms with van der Waals surface area (Å²) in [6.07, 6.45) is 0. The van der Waals surface area contributed by atoms with Crippen LogP contribution in [0.3, 0.4) is 0 Å². The van der Waals surface area contributed by atoms with Crippen molar-refractivity contribution in [3.8, 4) is 0 Å². The van der Waals surface area contributed by atoms with Crippen molar-refractivity contribution < 1.29 is 0 Å². The van der Waals surface area contributed by atoms with Gasteiger partial charge in [-0.1, -0.05) is 0 Å². The number of nitrogens with one attached hydrogen (secondary N) is 3. The molecule has 0 rings (SSSR count). The van der Waals surface area contributed by atoms with Gasteiger partial charge in [-0.2, -0.15) is 0 Å². The maximum Gasteiger partial charge on any atom is 3.00 e. The summed E-state index contributed by atoms with van der Waals surface area (Å²) in [5.41, 5.74) is 0. The zero-order valence-corrected chi connectivity index (χ0v) is 14.4. The summed E-state index contributed by atoms with van der Waals surface area (Å²) in [5.74, 6) is 0. The molecule has 0 unspecified atom stereocenters. The Balaban J connectivity index is -0.00000000900. The van der Waals surface area contributed by atoms with Gasteiger partial charge in [0.2, 0.25) is 0 Å². The summed E-state index contributed by atoms with van der Waals surface area (Å²) in [6.45, 7) is 0. The molecule has 42 valence electrons. The van der Waals surface area contributed by atoms with Crippen LogP contribution in [0, 0.1) is 0 Å². The van der Waals surface area contributed by atoms with E-state index < -0.39 is 0 Å². The molecular weight excluding hydrogens is 241 g/mol. The molecule has 3 nitrogen and oxygen atoms in total. The van der Waals surface area contributed by atoms with Gasteiger partial charge in [0.15, 0.2) is 0 Å². The molecule has 0 atom stereocenters. The van der Waals surface area contributed by atoms with Crippen molar-refractivity contribution in [3.63, 3.8) is 0 Å². The van der Waals surface area contributed by atoms with E-state index in [1.807, 2.05) is 0 Å². The Morgan fingerprint density at radius 2 is 0.571 bits per heavy atom. The van der Waals surface area contributed by atoms with E-state index in [0.717, 1.165) is 0 Å². The van der Waals surface area contributed by atoms with Crippen LogP contribution in [0.15, 0.2) is 0 Å². The van der Waals surface area contributed by atoms with Gasteiger partial charge in [0.1, 0.15) is 0 Å². The van der Waals surface area contributed by atoms with Crippen LogP contribution in [-0.2, 0) is 0 Å². The van der Waals surface area contributed by atoms with E-state index in [9.17, 15) is 0 Å². The number of hydrogen-bond acceptors (Lipinski definition) is 0. The maximum atomic E-state index is 5.89. The first kappa shape index (κ1) is 23.8. The van der Waals surface area contributed by atoms with E-state index in [0.29, 0.717) is 31.2 Å². The third-order valence-corrected chi connectivity index (χ3v) is 0. The van der Waals surface area contributed by atoms with Crippen molar-refractivity contribution in [1.82, 2.24) is 0 Å². The smallest absolute Gasteiger partial charge is 0.687 e. The molecule has 0 heterocycles. The average Bonchev–Trinajstić information content (AvgIpc) is 1.81. The van der Waals surface area contributed by atoms with E-state index in [2.05, 4.69) is 0 Å². The van der Waals surface area contributed by atoms with Crippen LogP contribution < -0.4 is 0 Å². The minimum atomic E-state index is 0. The Morgan fingerprint density at radius 1 is 0.571 bits per heavy atom. The minimum absolute atomic E-state index is 0. The molecule has 0 saturated carbocycles. The fourth-order valence-electron chi connectivity index (χ4n) is 0. The Bertz CT molecular complexity index is 10.1. The van der Waals surface area contributed by atoms with Gasteiger partial charge in [-0.3, -0.25) is 0 Å². The molecule has 3 N–H and O–H groups in total. The summed E-state index contributed by atoms with van der Waals surface area (Å²) in [7, 11) is 1.67. The van der Waals surface area contributed by atoms with Gasteiger partial charge in [-0.05, 0) is 0 Å². The zero-order chi connectivity index (χ0) is 6.00. The molecule has 0 spiro atoms. The predicted molar refractivity (Wildman–Crippen MR) is 48.5 cm³/mol. The molecule has 0 aromatic rings. The first-order valence-electron chi connectivity index (χ1n) is 1.50. The Morgan fingerprint density at radius 3 is 0.571 bits per heavy atom. The SMILES string of the molecule is [In+3].[NH-][SiH3].[NH-][SiH3].[NH-][SiH3]. The standard InChI is InChI=1S/In.3H4NSi/c;3*1-2/h;3*1H,2H3/q+3;3*-1. The summed E-state index contributed by atoms with van der Waals surface area (Å²) in [4.78, 5) is 0. The van der Waals surface area contributed by atoms with Crippen molar-refractivity contribution in [3.05, 3.63) is 16.2 Å². The second-order valence-electron chi connectivity index (χ2n) is 0. The Kier molecular flexibility index (Phi) is 524. The van der Waals surface area contributed by atoms with E-state index in [1.54, 1.807) is 0 Å². The number of rotatable bonds is 0. The molecule has 0 fully saturated rings. The van der Waals surface area contributed by atoms with Gasteiger partial charge in [-0.15, -0.1) is 31.2 Å². The molecule has 0 aliphatic carbocycles. The molecule has 0 amide bonds. The van der Waals surface area contributed by atoms with Crippen molar-refractivity contribution in [2.75, 3.05) is 0 Å². The van der Waals surface area contributed by atoms with E-state index >= 15 is 0 Å².